The largest absolute Gasteiger partial charge is 0.416 e. The molecular weight excluding hydrogens is 309 g/mol. The van der Waals surface area contributed by atoms with Crippen molar-refractivity contribution in [2.45, 2.75) is 39.0 Å². The second-order valence-electron chi connectivity index (χ2n) is 5.12. The van der Waals surface area contributed by atoms with Gasteiger partial charge in [-0.2, -0.15) is 13.2 Å². The molecule has 1 N–H and O–H groups in total. The molecule has 0 aliphatic heterocycles. The van der Waals surface area contributed by atoms with Crippen LogP contribution in [0.3, 0.4) is 0 Å². The topological polar surface area (TPSA) is 59.8 Å². The van der Waals surface area contributed by atoms with Gasteiger partial charge in [0.1, 0.15) is 5.69 Å². The van der Waals surface area contributed by atoms with Crippen molar-refractivity contribution in [3.05, 3.63) is 47.3 Å². The molecule has 0 saturated heterocycles. The van der Waals surface area contributed by atoms with Crippen LogP contribution in [0.1, 0.15) is 43.1 Å². The van der Waals surface area contributed by atoms with Crippen LogP contribution in [0.4, 0.5) is 13.2 Å². The number of hydrogen-bond donors (Lipinski definition) is 1. The Morgan fingerprint density at radius 3 is 2.52 bits per heavy atom. The number of nitrogens with one attached hydrogen (secondary N) is 1. The summed E-state index contributed by atoms with van der Waals surface area (Å²) in [7, 11) is 0. The van der Waals surface area contributed by atoms with E-state index in [1.807, 2.05) is 6.92 Å². The summed E-state index contributed by atoms with van der Waals surface area (Å²) in [6.07, 6.45) is -2.30. The van der Waals surface area contributed by atoms with Crippen LogP contribution >= 0.6 is 0 Å². The molecule has 8 heteroatoms. The van der Waals surface area contributed by atoms with Crippen molar-refractivity contribution in [2.75, 3.05) is 0 Å². The van der Waals surface area contributed by atoms with Gasteiger partial charge in [0.2, 0.25) is 5.91 Å². The minimum absolute atomic E-state index is 0.0877. The first-order valence-electron chi connectivity index (χ1n) is 7.15. The van der Waals surface area contributed by atoms with Gasteiger partial charge < -0.3 is 5.32 Å². The van der Waals surface area contributed by atoms with E-state index >= 15 is 0 Å². The van der Waals surface area contributed by atoms with Gasteiger partial charge >= 0.3 is 6.18 Å². The Morgan fingerprint density at radius 2 is 1.96 bits per heavy atom. The zero-order chi connectivity index (χ0) is 17.0. The summed E-state index contributed by atoms with van der Waals surface area (Å²) in [6.45, 7) is 3.83. The summed E-state index contributed by atoms with van der Waals surface area (Å²) >= 11 is 0. The van der Waals surface area contributed by atoms with Gasteiger partial charge in [-0.05, 0) is 24.6 Å². The van der Waals surface area contributed by atoms with Gasteiger partial charge in [0.15, 0.2) is 0 Å². The first-order chi connectivity index (χ1) is 10.8. The molecule has 1 unspecified atom stereocenters. The number of rotatable bonds is 5. The number of nitrogens with zero attached hydrogens (tertiary/aromatic N) is 3. The van der Waals surface area contributed by atoms with Gasteiger partial charge in [-0.25, -0.2) is 4.68 Å². The second kappa shape index (κ2) is 6.80. The third-order valence-electron chi connectivity index (χ3n) is 3.46. The lowest BCUT2D eigenvalue weighted by Crippen LogP contribution is -2.21. The average molecular weight is 326 g/mol. The molecular formula is C15H17F3N4O. The molecule has 2 rings (SSSR count). The maximum atomic E-state index is 12.6. The molecule has 0 saturated carbocycles. The van der Waals surface area contributed by atoms with Crippen molar-refractivity contribution < 1.29 is 18.0 Å². The van der Waals surface area contributed by atoms with Crippen LogP contribution in [0, 0.1) is 0 Å². The third kappa shape index (κ3) is 4.30. The fourth-order valence-corrected chi connectivity index (χ4v) is 2.00. The molecule has 0 fully saturated rings. The molecule has 124 valence electrons. The molecule has 2 aromatic rings. The van der Waals surface area contributed by atoms with Crippen LogP contribution in [-0.2, 0) is 17.5 Å². The van der Waals surface area contributed by atoms with Gasteiger partial charge in [-0.3, -0.25) is 4.79 Å². The highest BCUT2D eigenvalue weighted by molar-refractivity contribution is 5.75. The fraction of sp³-hybridized carbons (Fsp3) is 0.400. The van der Waals surface area contributed by atoms with Crippen LogP contribution in [0.5, 0.6) is 0 Å². The predicted octanol–water partition coefficient (Wildman–Crippen LogP) is 2.93. The molecule has 1 heterocycles. The Bertz CT molecular complexity index is 664. The summed E-state index contributed by atoms with van der Waals surface area (Å²) in [5, 5.41) is 10.6. The molecule has 23 heavy (non-hydrogen) atoms. The third-order valence-corrected chi connectivity index (χ3v) is 3.46. The summed E-state index contributed by atoms with van der Waals surface area (Å²) in [6, 6.07) is 4.68. The van der Waals surface area contributed by atoms with Crippen molar-refractivity contribution in [3.8, 4) is 0 Å². The summed E-state index contributed by atoms with van der Waals surface area (Å²) < 4.78 is 39.2. The van der Waals surface area contributed by atoms with Gasteiger partial charge in [0.05, 0.1) is 24.3 Å². The molecule has 0 aliphatic carbocycles. The van der Waals surface area contributed by atoms with Crippen LogP contribution in [0.15, 0.2) is 30.5 Å². The molecule has 0 radical (unpaired) electrons. The summed E-state index contributed by atoms with van der Waals surface area (Å²) in [4.78, 5) is 11.2. The van der Waals surface area contributed by atoms with Gasteiger partial charge in [0, 0.05) is 6.42 Å². The molecule has 5 nitrogen and oxygen atoms in total. The molecule has 0 spiro atoms. The normalized spacial score (nSPS) is 12.9. The van der Waals surface area contributed by atoms with Crippen LogP contribution in [0.25, 0.3) is 0 Å². The Balaban J connectivity index is 2.07. The lowest BCUT2D eigenvalue weighted by atomic mass is 10.1. The molecule has 0 bridgehead atoms. The number of aromatic nitrogens is 3. The van der Waals surface area contributed by atoms with E-state index in [1.165, 1.54) is 12.1 Å². The van der Waals surface area contributed by atoms with E-state index in [-0.39, 0.29) is 18.5 Å². The number of halogens is 3. The molecule has 1 atom stereocenters. The Labute approximate surface area is 131 Å². The molecule has 1 amide bonds. The molecule has 1 aromatic carbocycles. The zero-order valence-corrected chi connectivity index (χ0v) is 12.8. The maximum absolute atomic E-state index is 12.6. The lowest BCUT2D eigenvalue weighted by molar-refractivity contribution is -0.137. The number of amides is 1. The number of carbonyl (C=O) groups excluding carboxylic acids is 1. The molecule has 1 aromatic heterocycles. The minimum Gasteiger partial charge on any atom is -0.350 e. The van der Waals surface area contributed by atoms with E-state index < -0.39 is 11.7 Å². The van der Waals surface area contributed by atoms with E-state index in [0.717, 1.165) is 12.1 Å². The van der Waals surface area contributed by atoms with Gasteiger partial charge in [0.25, 0.3) is 0 Å². The standard InChI is InChI=1S/C15H17F3N4O/c1-3-14(23)19-8-13-9-22(21-20-13)10(2)11-4-6-12(7-5-11)15(16,17)18/h4-7,9-10H,3,8H2,1-2H3,(H,19,23). The van der Waals surface area contributed by atoms with Gasteiger partial charge in [-0.15, -0.1) is 5.10 Å². The Morgan fingerprint density at radius 1 is 1.30 bits per heavy atom. The monoisotopic (exact) mass is 326 g/mol. The van der Waals surface area contributed by atoms with Crippen molar-refractivity contribution in [2.24, 2.45) is 0 Å². The van der Waals surface area contributed by atoms with Crippen molar-refractivity contribution in [3.63, 3.8) is 0 Å². The SMILES string of the molecule is CCC(=O)NCc1cn(C(C)c2ccc(C(F)(F)F)cc2)nn1. The zero-order valence-electron chi connectivity index (χ0n) is 12.8. The smallest absolute Gasteiger partial charge is 0.350 e. The second-order valence-corrected chi connectivity index (χ2v) is 5.12. The minimum atomic E-state index is -4.35. The van der Waals surface area contributed by atoms with Crippen LogP contribution in [0.2, 0.25) is 0 Å². The Hall–Kier alpha value is -2.38. The highest BCUT2D eigenvalue weighted by atomic mass is 19.4. The highest BCUT2D eigenvalue weighted by Crippen LogP contribution is 2.30. The fourth-order valence-electron chi connectivity index (χ4n) is 2.00. The molecule has 0 aliphatic rings. The number of carbonyl (C=O) groups is 1. The van der Waals surface area contributed by atoms with Crippen molar-refractivity contribution in [1.82, 2.24) is 20.3 Å². The lowest BCUT2D eigenvalue weighted by Gasteiger charge is -2.13. The first-order valence-corrected chi connectivity index (χ1v) is 7.15. The van der Waals surface area contributed by atoms with Crippen molar-refractivity contribution in [1.29, 1.82) is 0 Å². The van der Waals surface area contributed by atoms with Crippen LogP contribution in [-0.4, -0.2) is 20.9 Å². The number of alkyl halides is 3. The number of hydrogen-bond acceptors (Lipinski definition) is 3. The predicted molar refractivity (Wildman–Crippen MR) is 77.4 cm³/mol. The first kappa shape index (κ1) is 17.0. The van der Waals surface area contributed by atoms with Crippen molar-refractivity contribution >= 4 is 5.91 Å². The summed E-state index contributed by atoms with van der Waals surface area (Å²) in [5.74, 6) is -0.0877. The quantitative estimate of drug-likeness (QED) is 0.919. The highest BCUT2D eigenvalue weighted by Gasteiger charge is 2.30. The van der Waals surface area contributed by atoms with E-state index in [2.05, 4.69) is 15.6 Å². The van der Waals surface area contributed by atoms with E-state index in [4.69, 9.17) is 0 Å². The summed E-state index contributed by atoms with van der Waals surface area (Å²) in [5.41, 5.74) is 0.590. The average Bonchev–Trinajstić information content (AvgIpc) is 3.00. The van der Waals surface area contributed by atoms with Crippen LogP contribution < -0.4 is 5.32 Å². The number of benzene rings is 1. The van der Waals surface area contributed by atoms with E-state index in [9.17, 15) is 18.0 Å². The van der Waals surface area contributed by atoms with E-state index in [0.29, 0.717) is 17.7 Å². The van der Waals surface area contributed by atoms with E-state index in [1.54, 1.807) is 17.8 Å². The Kier molecular flexibility index (Phi) is 5.02. The van der Waals surface area contributed by atoms with Gasteiger partial charge in [-0.1, -0.05) is 24.3 Å². The maximum Gasteiger partial charge on any atom is 0.416 e.